The third kappa shape index (κ3) is 3.52. The fourth-order valence-electron chi connectivity index (χ4n) is 3.46. The van der Waals surface area contributed by atoms with Gasteiger partial charge in [0.05, 0.1) is 11.1 Å². The van der Waals surface area contributed by atoms with Crippen LogP contribution in [0.2, 0.25) is 0 Å². The Balaban J connectivity index is 2.31. The molecule has 0 fully saturated rings. The molecule has 0 aromatic heterocycles. The third-order valence-corrected chi connectivity index (χ3v) is 4.71. The number of halogens is 6. The predicted octanol–water partition coefficient (Wildman–Crippen LogP) is 5.19. The number of allylic oxidation sites excluding steroid dienone is 2. The van der Waals surface area contributed by atoms with Crippen LogP contribution in [0.3, 0.4) is 0 Å². The van der Waals surface area contributed by atoms with E-state index in [1.165, 1.54) is 48.5 Å². The number of nitrogen functional groups attached to an aromatic ring is 1. The summed E-state index contributed by atoms with van der Waals surface area (Å²) in [5.41, 5.74) is 7.03. The molecule has 0 aliphatic heterocycles. The second-order valence-electron chi connectivity index (χ2n) is 6.55. The zero-order valence-electron chi connectivity index (χ0n) is 14.4. The Kier molecular flexibility index (Phi) is 4.79. The van der Waals surface area contributed by atoms with E-state index in [-0.39, 0.29) is 16.8 Å². The highest BCUT2D eigenvalue weighted by atomic mass is 19.4. The number of benzene rings is 2. The number of rotatable bonds is 2. The van der Waals surface area contributed by atoms with Gasteiger partial charge in [0.15, 0.2) is 0 Å². The Hall–Kier alpha value is -2.74. The van der Waals surface area contributed by atoms with Crippen LogP contribution in [0.1, 0.15) is 11.1 Å². The summed E-state index contributed by atoms with van der Waals surface area (Å²) in [4.78, 5) is 0. The molecule has 28 heavy (non-hydrogen) atoms. The summed E-state index contributed by atoms with van der Waals surface area (Å²) in [5, 5.41) is 0. The van der Waals surface area contributed by atoms with Crippen LogP contribution in [0.4, 0.5) is 32.0 Å². The molecule has 2 aromatic carbocycles. The molecule has 0 radical (unpaired) electrons. The summed E-state index contributed by atoms with van der Waals surface area (Å²) in [7, 11) is 0. The van der Waals surface area contributed by atoms with Gasteiger partial charge in [-0.3, -0.25) is 0 Å². The van der Waals surface area contributed by atoms with Crippen molar-refractivity contribution in [1.29, 1.82) is 0 Å². The smallest absolute Gasteiger partial charge is 0.399 e. The minimum Gasteiger partial charge on any atom is -0.399 e. The van der Waals surface area contributed by atoms with E-state index < -0.39 is 35.0 Å². The maximum Gasteiger partial charge on any atom is 0.413 e. The second-order valence-corrected chi connectivity index (χ2v) is 6.55. The first-order valence-electron chi connectivity index (χ1n) is 8.22. The average molecular weight is 398 g/mol. The van der Waals surface area contributed by atoms with Crippen molar-refractivity contribution in [3.8, 4) is 0 Å². The summed E-state index contributed by atoms with van der Waals surface area (Å²) in [6, 6.07) is 12.1. The molecule has 0 saturated heterocycles. The van der Waals surface area contributed by atoms with Gasteiger partial charge in [-0.05, 0) is 28.8 Å². The zero-order chi connectivity index (χ0) is 20.7. The molecule has 2 aromatic rings. The lowest BCUT2D eigenvalue weighted by atomic mass is 9.69. The number of nitrogens with two attached hydrogens (primary N) is 2. The Morgan fingerprint density at radius 2 is 1.39 bits per heavy atom. The lowest BCUT2D eigenvalue weighted by Crippen LogP contribution is -2.53. The van der Waals surface area contributed by atoms with Crippen molar-refractivity contribution < 1.29 is 26.3 Å². The summed E-state index contributed by atoms with van der Waals surface area (Å²) in [6.45, 7) is 0. The van der Waals surface area contributed by atoms with Crippen LogP contribution in [-0.4, -0.2) is 12.4 Å². The van der Waals surface area contributed by atoms with Crippen LogP contribution in [0.5, 0.6) is 0 Å². The van der Waals surface area contributed by atoms with Crippen molar-refractivity contribution in [2.24, 2.45) is 11.7 Å². The SMILES string of the molecule is Nc1ccc(C2=C(C(F)(F)F)C(C(F)(F)F)C(N)(c3ccccc3)C=C2)cc1. The van der Waals surface area contributed by atoms with Crippen molar-refractivity contribution in [1.82, 2.24) is 0 Å². The highest BCUT2D eigenvalue weighted by Gasteiger charge is 2.61. The van der Waals surface area contributed by atoms with Crippen molar-refractivity contribution in [2.75, 3.05) is 5.73 Å². The van der Waals surface area contributed by atoms with Gasteiger partial charge in [0.1, 0.15) is 5.92 Å². The van der Waals surface area contributed by atoms with Crippen molar-refractivity contribution in [2.45, 2.75) is 17.9 Å². The molecule has 0 heterocycles. The quantitative estimate of drug-likeness (QED) is 0.541. The van der Waals surface area contributed by atoms with Crippen LogP contribution < -0.4 is 11.5 Å². The normalized spacial score (nSPS) is 23.2. The number of hydrogen-bond acceptors (Lipinski definition) is 2. The Labute approximate surface area is 157 Å². The summed E-state index contributed by atoms with van der Waals surface area (Å²) >= 11 is 0. The van der Waals surface area contributed by atoms with E-state index in [9.17, 15) is 26.3 Å². The molecule has 0 amide bonds. The van der Waals surface area contributed by atoms with Gasteiger partial charge in [0.2, 0.25) is 0 Å². The predicted molar refractivity (Wildman–Crippen MR) is 94.8 cm³/mol. The van der Waals surface area contributed by atoms with E-state index in [4.69, 9.17) is 11.5 Å². The first kappa shape index (κ1) is 20.0. The lowest BCUT2D eigenvalue weighted by molar-refractivity contribution is -0.198. The van der Waals surface area contributed by atoms with E-state index in [1.54, 1.807) is 6.07 Å². The minimum atomic E-state index is -5.25. The fraction of sp³-hybridized carbons (Fsp3) is 0.200. The minimum absolute atomic E-state index is 0.0258. The molecule has 0 spiro atoms. The van der Waals surface area contributed by atoms with E-state index in [0.29, 0.717) is 0 Å². The summed E-state index contributed by atoms with van der Waals surface area (Å²) < 4.78 is 83.7. The van der Waals surface area contributed by atoms with Gasteiger partial charge in [-0.1, -0.05) is 54.6 Å². The molecule has 4 N–H and O–H groups in total. The zero-order valence-corrected chi connectivity index (χ0v) is 14.4. The molecule has 2 atom stereocenters. The second kappa shape index (κ2) is 6.70. The number of anilines is 1. The molecule has 148 valence electrons. The van der Waals surface area contributed by atoms with Crippen LogP contribution in [0, 0.1) is 5.92 Å². The van der Waals surface area contributed by atoms with Gasteiger partial charge in [-0.15, -0.1) is 0 Å². The van der Waals surface area contributed by atoms with Gasteiger partial charge in [0.25, 0.3) is 0 Å². The van der Waals surface area contributed by atoms with E-state index >= 15 is 0 Å². The lowest BCUT2D eigenvalue weighted by Gasteiger charge is -2.42. The fourth-order valence-corrected chi connectivity index (χ4v) is 3.46. The first-order chi connectivity index (χ1) is 12.9. The summed E-state index contributed by atoms with van der Waals surface area (Å²) in [6.07, 6.45) is -8.49. The molecule has 8 heteroatoms. The van der Waals surface area contributed by atoms with Crippen LogP contribution in [0.15, 0.2) is 72.3 Å². The third-order valence-electron chi connectivity index (χ3n) is 4.71. The molecular formula is C20H16F6N2. The monoisotopic (exact) mass is 398 g/mol. The average Bonchev–Trinajstić information content (AvgIpc) is 2.61. The number of hydrogen-bond donors (Lipinski definition) is 2. The highest BCUT2D eigenvalue weighted by Crippen LogP contribution is 2.54. The maximum atomic E-state index is 14.0. The molecular weight excluding hydrogens is 382 g/mol. The van der Waals surface area contributed by atoms with Crippen LogP contribution >= 0.6 is 0 Å². The van der Waals surface area contributed by atoms with Crippen molar-refractivity contribution >= 4 is 11.3 Å². The van der Waals surface area contributed by atoms with Crippen LogP contribution in [0.25, 0.3) is 5.57 Å². The summed E-state index contributed by atoms with van der Waals surface area (Å²) in [5.74, 6) is -2.97. The van der Waals surface area contributed by atoms with E-state index in [2.05, 4.69) is 0 Å². The molecule has 1 aliphatic rings. The van der Waals surface area contributed by atoms with Gasteiger partial charge in [-0.25, -0.2) is 0 Å². The van der Waals surface area contributed by atoms with Gasteiger partial charge >= 0.3 is 12.4 Å². The van der Waals surface area contributed by atoms with Gasteiger partial charge < -0.3 is 11.5 Å². The van der Waals surface area contributed by atoms with Crippen LogP contribution in [-0.2, 0) is 5.54 Å². The molecule has 3 rings (SSSR count). The highest BCUT2D eigenvalue weighted by molar-refractivity contribution is 5.81. The molecule has 0 bridgehead atoms. The largest absolute Gasteiger partial charge is 0.413 e. The van der Waals surface area contributed by atoms with Crippen molar-refractivity contribution in [3.63, 3.8) is 0 Å². The topological polar surface area (TPSA) is 52.0 Å². The Morgan fingerprint density at radius 1 is 0.821 bits per heavy atom. The molecule has 1 aliphatic carbocycles. The van der Waals surface area contributed by atoms with Crippen molar-refractivity contribution in [3.05, 3.63) is 83.4 Å². The van der Waals surface area contributed by atoms with E-state index in [1.807, 2.05) is 0 Å². The Bertz CT molecular complexity index is 910. The molecule has 0 saturated carbocycles. The number of alkyl halides is 6. The molecule has 2 unspecified atom stereocenters. The van der Waals surface area contributed by atoms with Gasteiger partial charge in [-0.2, -0.15) is 26.3 Å². The molecule has 2 nitrogen and oxygen atoms in total. The first-order valence-corrected chi connectivity index (χ1v) is 8.22. The van der Waals surface area contributed by atoms with Gasteiger partial charge in [0, 0.05) is 5.69 Å². The Morgan fingerprint density at radius 3 is 1.89 bits per heavy atom. The maximum absolute atomic E-state index is 14.0. The van der Waals surface area contributed by atoms with E-state index in [0.717, 1.165) is 12.2 Å². The standard InChI is InChI=1S/C20H16F6N2/c21-19(22,23)16-15(12-6-8-14(27)9-7-12)10-11-18(28,17(16)20(24,25)26)13-4-2-1-3-5-13/h1-11,17H,27-28H2.